The largest absolute Gasteiger partial charge is 0.398 e. The van der Waals surface area contributed by atoms with Crippen LogP contribution in [0, 0.1) is 5.41 Å². The molecule has 0 radical (unpaired) electrons. The number of nitrogens with zero attached hydrogens (tertiary/aromatic N) is 6. The second kappa shape index (κ2) is 8.67. The van der Waals surface area contributed by atoms with Crippen LogP contribution in [-0.4, -0.2) is 43.3 Å². The highest BCUT2D eigenvalue weighted by atomic mass is 16.5. The van der Waals surface area contributed by atoms with Crippen LogP contribution in [0.4, 0.5) is 11.6 Å². The molecule has 0 amide bonds. The standard InChI is InChI=1S/C21H21N9O/c1-31-12-16-4-2-3-15(25-16)10-30-11-20(28-29-30)19-8-18(26-21(24)27-19)13-5-6-14(9-22)17(23)7-13/h2-9,11,22H,10,12,23H2,1H3,(H2,24,26,27). The van der Waals surface area contributed by atoms with Crippen molar-refractivity contribution in [2.75, 3.05) is 18.6 Å². The predicted molar refractivity (Wildman–Crippen MR) is 117 cm³/mol. The normalized spacial score (nSPS) is 10.9. The second-order valence-electron chi connectivity index (χ2n) is 6.84. The maximum atomic E-state index is 7.38. The molecule has 31 heavy (non-hydrogen) atoms. The molecule has 3 heterocycles. The summed E-state index contributed by atoms with van der Waals surface area (Å²) in [6.07, 6.45) is 2.99. The molecule has 0 saturated carbocycles. The second-order valence-corrected chi connectivity index (χ2v) is 6.84. The minimum atomic E-state index is 0.116. The van der Waals surface area contributed by atoms with Gasteiger partial charge in [0.1, 0.15) is 5.69 Å². The monoisotopic (exact) mass is 415 g/mol. The van der Waals surface area contributed by atoms with E-state index >= 15 is 0 Å². The van der Waals surface area contributed by atoms with Gasteiger partial charge in [-0.05, 0) is 24.3 Å². The number of nitrogen functional groups attached to an aromatic ring is 2. The smallest absolute Gasteiger partial charge is 0.221 e. The van der Waals surface area contributed by atoms with Crippen LogP contribution in [0.15, 0.2) is 48.7 Å². The van der Waals surface area contributed by atoms with Gasteiger partial charge in [0, 0.05) is 30.1 Å². The molecular formula is C21H21N9O. The fourth-order valence-electron chi connectivity index (χ4n) is 3.12. The molecular weight excluding hydrogens is 394 g/mol. The Labute approximate surface area is 178 Å². The van der Waals surface area contributed by atoms with E-state index < -0.39 is 0 Å². The van der Waals surface area contributed by atoms with Crippen LogP contribution in [0.25, 0.3) is 22.6 Å². The van der Waals surface area contributed by atoms with Crippen LogP contribution in [0.2, 0.25) is 0 Å². The zero-order valence-corrected chi connectivity index (χ0v) is 16.9. The van der Waals surface area contributed by atoms with Crippen molar-refractivity contribution in [2.45, 2.75) is 13.2 Å². The Bertz CT molecular complexity index is 1240. The van der Waals surface area contributed by atoms with Crippen molar-refractivity contribution in [3.63, 3.8) is 0 Å². The molecule has 0 fully saturated rings. The van der Waals surface area contributed by atoms with E-state index in [1.807, 2.05) is 24.3 Å². The zero-order valence-electron chi connectivity index (χ0n) is 16.9. The van der Waals surface area contributed by atoms with E-state index in [2.05, 4.69) is 25.3 Å². The zero-order chi connectivity index (χ0) is 21.8. The fourth-order valence-corrected chi connectivity index (χ4v) is 3.12. The Hall–Kier alpha value is -4.18. The van der Waals surface area contributed by atoms with Crippen molar-refractivity contribution in [3.8, 4) is 22.6 Å². The van der Waals surface area contributed by atoms with Gasteiger partial charge in [-0.2, -0.15) is 0 Å². The topological polar surface area (TPSA) is 154 Å². The van der Waals surface area contributed by atoms with E-state index in [-0.39, 0.29) is 5.95 Å². The van der Waals surface area contributed by atoms with Crippen LogP contribution in [0.3, 0.4) is 0 Å². The van der Waals surface area contributed by atoms with E-state index in [0.29, 0.717) is 41.5 Å². The van der Waals surface area contributed by atoms with Crippen LogP contribution >= 0.6 is 0 Å². The molecule has 1 aromatic carbocycles. The lowest BCUT2D eigenvalue weighted by molar-refractivity contribution is 0.181. The molecule has 0 aliphatic rings. The molecule has 0 spiro atoms. The van der Waals surface area contributed by atoms with Crippen molar-refractivity contribution in [1.82, 2.24) is 29.9 Å². The molecule has 10 heteroatoms. The van der Waals surface area contributed by atoms with Crippen LogP contribution in [0.5, 0.6) is 0 Å². The van der Waals surface area contributed by atoms with Crippen LogP contribution < -0.4 is 11.5 Å². The highest BCUT2D eigenvalue weighted by molar-refractivity contribution is 5.87. The van der Waals surface area contributed by atoms with Crippen molar-refractivity contribution >= 4 is 17.9 Å². The lowest BCUT2D eigenvalue weighted by Gasteiger charge is -2.07. The Morgan fingerprint density at radius 3 is 2.58 bits per heavy atom. The summed E-state index contributed by atoms with van der Waals surface area (Å²) in [6, 6.07) is 12.9. The first-order chi connectivity index (χ1) is 15.1. The lowest BCUT2D eigenvalue weighted by Crippen LogP contribution is -2.04. The van der Waals surface area contributed by atoms with E-state index in [1.54, 1.807) is 36.2 Å². The van der Waals surface area contributed by atoms with E-state index in [1.165, 1.54) is 6.21 Å². The summed E-state index contributed by atoms with van der Waals surface area (Å²) in [4.78, 5) is 13.1. The summed E-state index contributed by atoms with van der Waals surface area (Å²) in [6.45, 7) is 0.907. The average molecular weight is 415 g/mol. The number of hydrogen-bond donors (Lipinski definition) is 3. The number of benzene rings is 1. The van der Waals surface area contributed by atoms with E-state index in [4.69, 9.17) is 21.6 Å². The summed E-state index contributed by atoms with van der Waals surface area (Å²) in [5.74, 6) is 0.116. The summed E-state index contributed by atoms with van der Waals surface area (Å²) in [5, 5.41) is 15.8. The quantitative estimate of drug-likeness (QED) is 0.306. The van der Waals surface area contributed by atoms with Crippen molar-refractivity contribution < 1.29 is 4.74 Å². The molecule has 0 atom stereocenters. The predicted octanol–water partition coefficient (Wildman–Crippen LogP) is 2.15. The summed E-state index contributed by atoms with van der Waals surface area (Å²) in [5.41, 5.74) is 17.2. The first-order valence-corrected chi connectivity index (χ1v) is 9.45. The number of anilines is 2. The summed E-state index contributed by atoms with van der Waals surface area (Å²) < 4.78 is 6.82. The lowest BCUT2D eigenvalue weighted by atomic mass is 10.1. The molecule has 0 unspecified atom stereocenters. The Kier molecular flexibility index (Phi) is 5.63. The highest BCUT2D eigenvalue weighted by Gasteiger charge is 2.12. The molecule has 5 N–H and O–H groups in total. The van der Waals surface area contributed by atoms with Gasteiger partial charge in [-0.25, -0.2) is 14.6 Å². The van der Waals surface area contributed by atoms with Gasteiger partial charge in [-0.15, -0.1) is 5.10 Å². The molecule has 4 rings (SSSR count). The van der Waals surface area contributed by atoms with Gasteiger partial charge >= 0.3 is 0 Å². The average Bonchev–Trinajstić information content (AvgIpc) is 3.22. The Morgan fingerprint density at radius 1 is 1.00 bits per heavy atom. The number of rotatable bonds is 7. The third-order valence-electron chi connectivity index (χ3n) is 4.56. The molecule has 3 aromatic heterocycles. The third-order valence-corrected chi connectivity index (χ3v) is 4.56. The van der Waals surface area contributed by atoms with Gasteiger partial charge in [-0.3, -0.25) is 4.98 Å². The number of pyridine rings is 1. The molecule has 0 bridgehead atoms. The van der Waals surface area contributed by atoms with Crippen LogP contribution in [0.1, 0.15) is 17.0 Å². The number of aromatic nitrogens is 6. The highest BCUT2D eigenvalue weighted by Crippen LogP contribution is 2.26. The number of hydrogen-bond acceptors (Lipinski definition) is 9. The van der Waals surface area contributed by atoms with Crippen LogP contribution in [-0.2, 0) is 17.9 Å². The number of nitrogens with one attached hydrogen (secondary N) is 1. The minimum absolute atomic E-state index is 0.116. The first-order valence-electron chi connectivity index (χ1n) is 9.45. The minimum Gasteiger partial charge on any atom is -0.398 e. The first kappa shape index (κ1) is 20.1. The van der Waals surface area contributed by atoms with Gasteiger partial charge in [-0.1, -0.05) is 23.4 Å². The summed E-state index contributed by atoms with van der Waals surface area (Å²) in [7, 11) is 1.64. The van der Waals surface area contributed by atoms with Crippen molar-refractivity contribution in [2.24, 2.45) is 0 Å². The Balaban J connectivity index is 1.61. The van der Waals surface area contributed by atoms with Gasteiger partial charge in [0.05, 0.1) is 42.1 Å². The van der Waals surface area contributed by atoms with Gasteiger partial charge in [0.15, 0.2) is 0 Å². The third kappa shape index (κ3) is 4.54. The summed E-state index contributed by atoms with van der Waals surface area (Å²) >= 11 is 0. The van der Waals surface area contributed by atoms with Gasteiger partial charge in [0.25, 0.3) is 0 Å². The van der Waals surface area contributed by atoms with Crippen molar-refractivity contribution in [3.05, 3.63) is 65.6 Å². The SMILES string of the molecule is COCc1cccc(Cn2cc(-c3cc(-c4ccc(C=N)c(N)c4)nc(N)n3)nn2)n1. The molecule has 10 nitrogen and oxygen atoms in total. The number of ether oxygens (including phenoxy) is 1. The maximum Gasteiger partial charge on any atom is 0.221 e. The fraction of sp³-hybridized carbons (Fsp3) is 0.143. The molecule has 0 aliphatic heterocycles. The molecule has 0 saturated heterocycles. The molecule has 4 aromatic rings. The molecule has 156 valence electrons. The maximum absolute atomic E-state index is 7.38. The van der Waals surface area contributed by atoms with Gasteiger partial charge in [0.2, 0.25) is 5.95 Å². The number of methoxy groups -OCH3 is 1. The van der Waals surface area contributed by atoms with E-state index in [0.717, 1.165) is 17.0 Å². The van der Waals surface area contributed by atoms with Gasteiger partial charge < -0.3 is 21.6 Å². The molecule has 0 aliphatic carbocycles. The number of nitrogens with two attached hydrogens (primary N) is 2. The van der Waals surface area contributed by atoms with E-state index in [9.17, 15) is 0 Å². The Morgan fingerprint density at radius 2 is 1.81 bits per heavy atom. The van der Waals surface area contributed by atoms with Crippen molar-refractivity contribution in [1.29, 1.82) is 5.41 Å².